The summed E-state index contributed by atoms with van der Waals surface area (Å²) in [4.78, 5) is 6.90. The first-order valence-electron chi connectivity index (χ1n) is 10.8. The van der Waals surface area contributed by atoms with Crippen molar-refractivity contribution in [3.8, 4) is 11.4 Å². The molecule has 1 aliphatic heterocycles. The molecule has 1 fully saturated rings. The molecule has 0 aliphatic carbocycles. The van der Waals surface area contributed by atoms with Crippen LogP contribution < -0.4 is 4.74 Å². The lowest BCUT2D eigenvalue weighted by atomic mass is 9.97. The number of aromatic nitrogens is 5. The normalized spacial score (nSPS) is 16.9. The molecular weight excluding hydrogens is 428 g/mol. The fourth-order valence-electron chi connectivity index (χ4n) is 3.58. The monoisotopic (exact) mass is 458 g/mol. The van der Waals surface area contributed by atoms with Gasteiger partial charge in [0.1, 0.15) is 24.9 Å². The predicted molar refractivity (Wildman–Crippen MR) is 121 cm³/mol. The number of benzene rings is 1. The van der Waals surface area contributed by atoms with Gasteiger partial charge in [0.25, 0.3) is 0 Å². The van der Waals surface area contributed by atoms with Crippen LogP contribution in [0.15, 0.2) is 36.0 Å². The Hall–Kier alpha value is -2.40. The van der Waals surface area contributed by atoms with Crippen molar-refractivity contribution in [3.05, 3.63) is 46.7 Å². The molecule has 2 aromatic heterocycles. The molecule has 0 radical (unpaired) electrons. The van der Waals surface area contributed by atoms with E-state index in [1.165, 1.54) is 0 Å². The molecule has 1 N–H and O–H groups in total. The highest BCUT2D eigenvalue weighted by Gasteiger charge is 2.27. The molecule has 1 saturated heterocycles. The van der Waals surface area contributed by atoms with Gasteiger partial charge >= 0.3 is 0 Å². The first-order valence-corrected chi connectivity index (χ1v) is 11.7. The van der Waals surface area contributed by atoms with E-state index in [4.69, 9.17) is 14.5 Å². The zero-order valence-corrected chi connectivity index (χ0v) is 19.5. The number of aliphatic hydroxyl groups excluding tert-OH is 1. The molecule has 4 rings (SSSR count). The Labute approximate surface area is 192 Å². The topological polar surface area (TPSA) is 98.4 Å². The van der Waals surface area contributed by atoms with E-state index in [1.54, 1.807) is 22.3 Å². The van der Waals surface area contributed by atoms with E-state index >= 15 is 0 Å². The average Bonchev–Trinajstić information content (AvgIpc) is 3.48. The van der Waals surface area contributed by atoms with E-state index in [2.05, 4.69) is 25.8 Å². The van der Waals surface area contributed by atoms with Gasteiger partial charge in [-0.2, -0.15) is 0 Å². The third kappa shape index (κ3) is 6.10. The van der Waals surface area contributed by atoms with Gasteiger partial charge < -0.3 is 14.6 Å². The summed E-state index contributed by atoms with van der Waals surface area (Å²) in [6.45, 7) is 8.47. The van der Waals surface area contributed by atoms with Crippen molar-refractivity contribution in [2.24, 2.45) is 0 Å². The molecule has 32 heavy (non-hydrogen) atoms. The lowest BCUT2D eigenvalue weighted by molar-refractivity contribution is -0.107. The minimum atomic E-state index is -0.553. The van der Waals surface area contributed by atoms with Gasteiger partial charge in [-0.3, -0.25) is 4.90 Å². The Morgan fingerprint density at radius 2 is 1.94 bits per heavy atom. The predicted octanol–water partition coefficient (Wildman–Crippen LogP) is 3.01. The molecule has 3 aromatic rings. The minimum Gasteiger partial charge on any atom is -0.487 e. The Morgan fingerprint density at radius 1 is 1.19 bits per heavy atom. The second-order valence-corrected chi connectivity index (χ2v) is 9.82. The van der Waals surface area contributed by atoms with Crippen LogP contribution in [-0.2, 0) is 11.3 Å². The van der Waals surface area contributed by atoms with Gasteiger partial charge in [-0.1, -0.05) is 0 Å². The summed E-state index contributed by atoms with van der Waals surface area (Å²) in [6, 6.07) is 7.61. The Kier molecular flexibility index (Phi) is 7.14. The lowest BCUT2D eigenvalue weighted by Crippen LogP contribution is -2.44. The molecule has 0 bridgehead atoms. The Balaban J connectivity index is 1.24. The van der Waals surface area contributed by atoms with E-state index < -0.39 is 6.23 Å². The molecule has 1 aliphatic rings. The summed E-state index contributed by atoms with van der Waals surface area (Å²) >= 11 is 1.69. The molecule has 1 atom stereocenters. The van der Waals surface area contributed by atoms with Crippen LogP contribution in [-0.4, -0.2) is 66.7 Å². The summed E-state index contributed by atoms with van der Waals surface area (Å²) in [7, 11) is 0. The van der Waals surface area contributed by atoms with Crippen LogP contribution >= 0.6 is 11.3 Å². The van der Waals surface area contributed by atoms with Crippen LogP contribution in [0.5, 0.6) is 5.75 Å². The Bertz CT molecular complexity index is 962. The van der Waals surface area contributed by atoms with Gasteiger partial charge in [-0.05, 0) is 68.3 Å². The number of hydrogen-bond donors (Lipinski definition) is 1. The molecule has 9 nitrogen and oxygen atoms in total. The summed E-state index contributed by atoms with van der Waals surface area (Å²) in [5.41, 5.74) is 1.57. The van der Waals surface area contributed by atoms with E-state index in [0.717, 1.165) is 48.1 Å². The van der Waals surface area contributed by atoms with Crippen molar-refractivity contribution in [1.82, 2.24) is 30.1 Å². The number of nitrogens with zero attached hydrogens (tertiary/aromatic N) is 6. The zero-order chi connectivity index (χ0) is 22.6. The van der Waals surface area contributed by atoms with Gasteiger partial charge in [0.15, 0.2) is 0 Å². The third-order valence-corrected chi connectivity index (χ3v) is 6.43. The van der Waals surface area contributed by atoms with Crippen molar-refractivity contribution < 1.29 is 14.6 Å². The molecular formula is C22H30N6O3S. The van der Waals surface area contributed by atoms with Crippen LogP contribution in [0.25, 0.3) is 5.69 Å². The second-order valence-electron chi connectivity index (χ2n) is 8.93. The van der Waals surface area contributed by atoms with Crippen LogP contribution in [0.3, 0.4) is 0 Å². The quantitative estimate of drug-likeness (QED) is 0.550. The molecule has 3 heterocycles. The fraction of sp³-hybridized carbons (Fsp3) is 0.545. The molecule has 10 heteroatoms. The maximum Gasteiger partial charge on any atom is 0.143 e. The van der Waals surface area contributed by atoms with Crippen molar-refractivity contribution in [2.75, 3.05) is 19.7 Å². The summed E-state index contributed by atoms with van der Waals surface area (Å²) in [5, 5.41) is 24.8. The molecule has 0 amide bonds. The van der Waals surface area contributed by atoms with E-state index in [-0.39, 0.29) is 5.60 Å². The van der Waals surface area contributed by atoms with Crippen molar-refractivity contribution in [1.29, 1.82) is 0 Å². The third-order valence-electron chi connectivity index (χ3n) is 5.37. The number of rotatable bonds is 8. The summed E-state index contributed by atoms with van der Waals surface area (Å²) < 4.78 is 13.2. The van der Waals surface area contributed by atoms with Crippen LogP contribution in [0.2, 0.25) is 0 Å². The number of hydrogen-bond acceptors (Lipinski definition) is 9. The van der Waals surface area contributed by atoms with Crippen LogP contribution in [0, 0.1) is 0 Å². The van der Waals surface area contributed by atoms with Crippen LogP contribution in [0.4, 0.5) is 0 Å². The Morgan fingerprint density at radius 3 is 2.59 bits per heavy atom. The molecule has 0 saturated carbocycles. The number of thiazole rings is 1. The molecule has 0 spiro atoms. The van der Waals surface area contributed by atoms with E-state index in [1.807, 2.05) is 45.0 Å². The fourth-order valence-corrected chi connectivity index (χ4v) is 4.56. The largest absolute Gasteiger partial charge is 0.487 e. The van der Waals surface area contributed by atoms with Crippen molar-refractivity contribution >= 4 is 11.3 Å². The zero-order valence-electron chi connectivity index (χ0n) is 18.7. The minimum absolute atomic E-state index is 0.241. The van der Waals surface area contributed by atoms with Crippen LogP contribution in [0.1, 0.15) is 50.2 Å². The SMILES string of the molecule is CC(C)(C)OCC(O)N1CCC(c2nc(COc3ccc(-n4cnnn4)cc3)cs2)CC1. The van der Waals surface area contributed by atoms with Gasteiger partial charge in [0, 0.05) is 24.4 Å². The number of likely N-dealkylation sites (tertiary alicyclic amines) is 1. The number of ether oxygens (including phenoxy) is 2. The lowest BCUT2D eigenvalue weighted by Gasteiger charge is -2.35. The van der Waals surface area contributed by atoms with E-state index in [9.17, 15) is 5.11 Å². The first-order chi connectivity index (χ1) is 15.4. The standard InChI is InChI=1S/C22H30N6O3S/c1-22(2,3)31-13-20(29)27-10-8-16(9-11-27)21-24-17(14-32-21)12-30-19-6-4-18(5-7-19)28-15-23-25-26-28/h4-7,14-16,20,29H,8-13H2,1-3H3. The maximum atomic E-state index is 10.4. The van der Waals surface area contributed by atoms with Gasteiger partial charge in [0.2, 0.25) is 0 Å². The second kappa shape index (κ2) is 10.0. The van der Waals surface area contributed by atoms with Gasteiger partial charge in [0.05, 0.1) is 28.6 Å². The summed E-state index contributed by atoms with van der Waals surface area (Å²) in [6.07, 6.45) is 2.97. The number of tetrazole rings is 1. The highest BCUT2D eigenvalue weighted by atomic mass is 32.1. The molecule has 1 unspecified atom stereocenters. The molecule has 172 valence electrons. The highest BCUT2D eigenvalue weighted by molar-refractivity contribution is 7.09. The smallest absolute Gasteiger partial charge is 0.143 e. The van der Waals surface area contributed by atoms with Crippen molar-refractivity contribution in [2.45, 2.75) is 58.0 Å². The summed E-state index contributed by atoms with van der Waals surface area (Å²) in [5.74, 6) is 1.20. The number of piperidine rings is 1. The van der Waals surface area contributed by atoms with Gasteiger partial charge in [-0.25, -0.2) is 9.67 Å². The van der Waals surface area contributed by atoms with Gasteiger partial charge in [-0.15, -0.1) is 16.4 Å². The van der Waals surface area contributed by atoms with Crippen molar-refractivity contribution in [3.63, 3.8) is 0 Å². The first kappa shape index (κ1) is 22.8. The maximum absolute atomic E-state index is 10.4. The average molecular weight is 459 g/mol. The van der Waals surface area contributed by atoms with E-state index in [0.29, 0.717) is 19.1 Å². The highest BCUT2D eigenvalue weighted by Crippen LogP contribution is 2.31. The molecule has 1 aromatic carbocycles. The number of aliphatic hydroxyl groups is 1.